The van der Waals surface area contributed by atoms with Gasteiger partial charge in [-0.2, -0.15) is 13.2 Å². The Hall–Kier alpha value is -2.57. The van der Waals surface area contributed by atoms with Gasteiger partial charge in [0.25, 0.3) is 0 Å². The molecule has 0 bridgehead atoms. The Balaban J connectivity index is 2.14. The first-order valence-electron chi connectivity index (χ1n) is 6.75. The van der Waals surface area contributed by atoms with Crippen LogP contribution in [0.1, 0.15) is 16.7 Å². The smallest absolute Gasteiger partial charge is 0.370 e. The third-order valence-electron chi connectivity index (χ3n) is 3.12. The molecule has 0 aliphatic carbocycles. The number of rotatable bonds is 3. The van der Waals surface area contributed by atoms with Crippen molar-refractivity contribution in [3.8, 4) is 0 Å². The molecule has 0 spiro atoms. The Morgan fingerprint density at radius 1 is 1.13 bits per heavy atom. The van der Waals surface area contributed by atoms with Crippen molar-refractivity contribution in [2.24, 2.45) is 10.7 Å². The minimum absolute atomic E-state index is 0.0219. The average Bonchev–Trinajstić information content (AvgIpc) is 2.47. The number of aryl methyl sites for hydroxylation is 1. The van der Waals surface area contributed by atoms with Crippen LogP contribution >= 0.6 is 0 Å². The Morgan fingerprint density at radius 2 is 1.78 bits per heavy atom. The highest BCUT2D eigenvalue weighted by molar-refractivity contribution is 5.92. The number of nitrogens with zero attached hydrogens (tertiary/aromatic N) is 1. The molecule has 0 aliphatic heterocycles. The van der Waals surface area contributed by atoms with E-state index in [1.165, 1.54) is 0 Å². The van der Waals surface area contributed by atoms with Crippen LogP contribution in [0, 0.1) is 12.7 Å². The minimum atomic E-state index is -4.65. The fraction of sp³-hybridized carbons (Fsp3) is 0.188. The topological polar surface area (TPSA) is 50.4 Å². The first-order valence-corrected chi connectivity index (χ1v) is 6.75. The summed E-state index contributed by atoms with van der Waals surface area (Å²) in [5.74, 6) is -0.970. The number of hydrogen-bond donors (Lipinski definition) is 2. The van der Waals surface area contributed by atoms with Crippen LogP contribution in [0.4, 0.5) is 23.2 Å². The highest BCUT2D eigenvalue weighted by atomic mass is 19.4. The molecule has 0 unspecified atom stereocenters. The molecule has 0 radical (unpaired) electrons. The Bertz CT molecular complexity index is 706. The summed E-state index contributed by atoms with van der Waals surface area (Å²) in [4.78, 5) is 3.88. The van der Waals surface area contributed by atoms with E-state index in [0.29, 0.717) is 11.8 Å². The number of nitrogens with one attached hydrogen (secondary N) is 1. The van der Waals surface area contributed by atoms with Crippen LogP contribution in [-0.2, 0) is 12.7 Å². The zero-order valence-electron chi connectivity index (χ0n) is 12.3. The van der Waals surface area contributed by atoms with E-state index in [0.717, 1.165) is 17.7 Å². The van der Waals surface area contributed by atoms with E-state index in [1.807, 2.05) is 19.1 Å². The zero-order valence-corrected chi connectivity index (χ0v) is 12.3. The third kappa shape index (κ3) is 4.70. The molecule has 0 fully saturated rings. The minimum Gasteiger partial charge on any atom is -0.370 e. The molecule has 23 heavy (non-hydrogen) atoms. The van der Waals surface area contributed by atoms with Gasteiger partial charge >= 0.3 is 6.18 Å². The average molecular weight is 325 g/mol. The van der Waals surface area contributed by atoms with Crippen LogP contribution in [0.15, 0.2) is 47.5 Å². The molecule has 0 aliphatic rings. The lowest BCUT2D eigenvalue weighted by Gasteiger charge is -2.12. The summed E-state index contributed by atoms with van der Waals surface area (Å²) >= 11 is 0. The number of hydrogen-bond acceptors (Lipinski definition) is 1. The lowest BCUT2D eigenvalue weighted by Crippen LogP contribution is -2.22. The first kappa shape index (κ1) is 16.8. The Labute approximate surface area is 130 Å². The van der Waals surface area contributed by atoms with Gasteiger partial charge in [-0.25, -0.2) is 9.38 Å². The predicted molar refractivity (Wildman–Crippen MR) is 81.5 cm³/mol. The quantitative estimate of drug-likeness (QED) is 0.507. The number of alkyl halides is 3. The molecule has 0 heterocycles. The van der Waals surface area contributed by atoms with E-state index in [9.17, 15) is 17.6 Å². The first-order chi connectivity index (χ1) is 10.8. The molecule has 0 aromatic heterocycles. The second kappa shape index (κ2) is 6.68. The van der Waals surface area contributed by atoms with Gasteiger partial charge in [0.1, 0.15) is 5.82 Å². The fourth-order valence-corrected chi connectivity index (χ4v) is 1.95. The third-order valence-corrected chi connectivity index (χ3v) is 3.12. The van der Waals surface area contributed by atoms with Crippen molar-refractivity contribution in [3.05, 3.63) is 65.0 Å². The molecule has 3 N–H and O–H groups in total. The van der Waals surface area contributed by atoms with Gasteiger partial charge in [-0.3, -0.25) is 0 Å². The summed E-state index contributed by atoms with van der Waals surface area (Å²) in [5.41, 5.74) is 6.20. The molecule has 3 nitrogen and oxygen atoms in total. The van der Waals surface area contributed by atoms with Gasteiger partial charge in [0.05, 0.1) is 12.1 Å². The number of aliphatic imine (C=N–C) groups is 1. The summed E-state index contributed by atoms with van der Waals surface area (Å²) < 4.78 is 51.6. The van der Waals surface area contributed by atoms with E-state index in [1.54, 1.807) is 12.1 Å². The number of guanidine groups is 1. The van der Waals surface area contributed by atoms with Crippen molar-refractivity contribution in [1.82, 2.24) is 0 Å². The van der Waals surface area contributed by atoms with Crippen molar-refractivity contribution in [1.29, 1.82) is 0 Å². The van der Waals surface area contributed by atoms with Crippen molar-refractivity contribution in [3.63, 3.8) is 0 Å². The monoisotopic (exact) mass is 325 g/mol. The molecule has 0 atom stereocenters. The van der Waals surface area contributed by atoms with Gasteiger partial charge < -0.3 is 11.1 Å². The molecular weight excluding hydrogens is 310 g/mol. The van der Waals surface area contributed by atoms with Crippen LogP contribution in [-0.4, -0.2) is 5.96 Å². The van der Waals surface area contributed by atoms with E-state index < -0.39 is 17.6 Å². The van der Waals surface area contributed by atoms with Crippen LogP contribution in [0.2, 0.25) is 0 Å². The van der Waals surface area contributed by atoms with Crippen molar-refractivity contribution in [2.75, 3.05) is 5.32 Å². The van der Waals surface area contributed by atoms with Gasteiger partial charge in [-0.1, -0.05) is 23.8 Å². The molecular formula is C16H15F4N3. The van der Waals surface area contributed by atoms with Crippen molar-refractivity contribution >= 4 is 11.6 Å². The van der Waals surface area contributed by atoms with Gasteiger partial charge in [-0.05, 0) is 36.8 Å². The SMILES string of the molecule is Cc1ccc(NC(N)=NCc2ccc(F)cc2C(F)(F)F)cc1. The molecule has 2 aromatic rings. The Kier molecular flexibility index (Phi) is 4.88. The second-order valence-electron chi connectivity index (χ2n) is 4.99. The predicted octanol–water partition coefficient (Wildman–Crippen LogP) is 4.08. The van der Waals surface area contributed by atoms with Crippen LogP contribution in [0.5, 0.6) is 0 Å². The fourth-order valence-electron chi connectivity index (χ4n) is 1.95. The van der Waals surface area contributed by atoms with Crippen LogP contribution in [0.3, 0.4) is 0 Å². The molecule has 0 saturated carbocycles. The maximum absolute atomic E-state index is 13.0. The molecule has 122 valence electrons. The normalized spacial score (nSPS) is 12.3. The van der Waals surface area contributed by atoms with Crippen molar-refractivity contribution in [2.45, 2.75) is 19.6 Å². The lowest BCUT2D eigenvalue weighted by molar-refractivity contribution is -0.138. The number of benzene rings is 2. The molecule has 0 saturated heterocycles. The maximum atomic E-state index is 13.0. The standard InChI is InChI=1S/C16H15F4N3/c1-10-2-6-13(7-3-10)23-15(21)22-9-11-4-5-12(17)8-14(11)16(18,19)20/h2-8H,9H2,1H3,(H3,21,22,23). The summed E-state index contributed by atoms with van der Waals surface area (Å²) in [6.45, 7) is 1.62. The molecule has 0 amide bonds. The highest BCUT2D eigenvalue weighted by Gasteiger charge is 2.33. The molecule has 2 rings (SSSR count). The second-order valence-corrected chi connectivity index (χ2v) is 4.99. The lowest BCUT2D eigenvalue weighted by atomic mass is 10.1. The summed E-state index contributed by atoms with van der Waals surface area (Å²) in [6, 6.07) is 9.74. The van der Waals surface area contributed by atoms with Gasteiger partial charge in [-0.15, -0.1) is 0 Å². The van der Waals surface area contributed by atoms with Gasteiger partial charge in [0.2, 0.25) is 0 Å². The number of anilines is 1. The Morgan fingerprint density at radius 3 is 2.39 bits per heavy atom. The molecule has 2 aromatic carbocycles. The van der Waals surface area contributed by atoms with Gasteiger partial charge in [0.15, 0.2) is 5.96 Å². The van der Waals surface area contributed by atoms with Crippen molar-refractivity contribution < 1.29 is 17.6 Å². The summed E-state index contributed by atoms with van der Waals surface area (Å²) in [7, 11) is 0. The summed E-state index contributed by atoms with van der Waals surface area (Å²) in [6.07, 6.45) is -4.65. The van der Waals surface area contributed by atoms with E-state index in [2.05, 4.69) is 10.3 Å². The number of halogens is 4. The number of nitrogens with two attached hydrogens (primary N) is 1. The van der Waals surface area contributed by atoms with Crippen LogP contribution < -0.4 is 11.1 Å². The largest absolute Gasteiger partial charge is 0.416 e. The zero-order chi connectivity index (χ0) is 17.0. The highest BCUT2D eigenvalue weighted by Crippen LogP contribution is 2.32. The van der Waals surface area contributed by atoms with E-state index >= 15 is 0 Å². The van der Waals surface area contributed by atoms with Gasteiger partial charge in [0, 0.05) is 5.69 Å². The van der Waals surface area contributed by atoms with E-state index in [4.69, 9.17) is 5.73 Å². The molecule has 7 heteroatoms. The van der Waals surface area contributed by atoms with E-state index in [-0.39, 0.29) is 18.1 Å². The summed E-state index contributed by atoms with van der Waals surface area (Å²) in [5, 5.41) is 2.78. The van der Waals surface area contributed by atoms with Crippen LogP contribution in [0.25, 0.3) is 0 Å². The maximum Gasteiger partial charge on any atom is 0.416 e.